The third-order valence-electron chi connectivity index (χ3n) is 5.80. The van der Waals surface area contributed by atoms with Gasteiger partial charge in [0.2, 0.25) is 5.91 Å². The number of aryl methyl sites for hydroxylation is 2. The van der Waals surface area contributed by atoms with Gasteiger partial charge in [-0.2, -0.15) is 0 Å². The van der Waals surface area contributed by atoms with E-state index in [0.29, 0.717) is 11.6 Å². The van der Waals surface area contributed by atoms with E-state index >= 15 is 0 Å². The van der Waals surface area contributed by atoms with Crippen LogP contribution in [0.15, 0.2) is 47.4 Å². The highest BCUT2D eigenvalue weighted by atomic mass is 32.2. The summed E-state index contributed by atoms with van der Waals surface area (Å²) in [6.45, 7) is 5.54. The lowest BCUT2D eigenvalue weighted by molar-refractivity contribution is -0.384. The van der Waals surface area contributed by atoms with Crippen LogP contribution in [-0.4, -0.2) is 31.8 Å². The Balaban J connectivity index is 1.91. The van der Waals surface area contributed by atoms with E-state index in [9.17, 15) is 23.3 Å². The van der Waals surface area contributed by atoms with Crippen LogP contribution in [0, 0.1) is 29.9 Å². The number of hydrogen-bond acceptors (Lipinski definition) is 5. The van der Waals surface area contributed by atoms with Gasteiger partial charge in [0.15, 0.2) is 0 Å². The molecule has 9 heteroatoms. The monoisotopic (exact) mass is 459 g/mol. The van der Waals surface area contributed by atoms with Crippen molar-refractivity contribution in [2.45, 2.75) is 57.4 Å². The zero-order chi connectivity index (χ0) is 23.5. The molecule has 172 valence electrons. The Morgan fingerprint density at radius 3 is 2.16 bits per heavy atom. The first-order chi connectivity index (χ1) is 15.1. The second-order valence-corrected chi connectivity index (χ2v) is 10.5. The molecular formula is C23H29N3O5S. The zero-order valence-electron chi connectivity index (χ0n) is 18.6. The minimum atomic E-state index is -4.12. The van der Waals surface area contributed by atoms with Gasteiger partial charge in [-0.1, -0.05) is 13.0 Å². The smallest absolute Gasteiger partial charge is 0.269 e. The fraction of sp³-hybridized carbons (Fsp3) is 0.435. The first-order valence-electron chi connectivity index (χ1n) is 10.7. The number of nitro groups is 1. The topological polar surface area (TPSA) is 110 Å². The van der Waals surface area contributed by atoms with E-state index in [-0.39, 0.29) is 29.1 Å². The Labute approximate surface area is 188 Å². The van der Waals surface area contributed by atoms with Crippen LogP contribution in [0.5, 0.6) is 0 Å². The molecule has 3 rings (SSSR count). The number of nitrogens with zero attached hydrogens (tertiary/aromatic N) is 2. The zero-order valence-corrected chi connectivity index (χ0v) is 19.4. The summed E-state index contributed by atoms with van der Waals surface area (Å²) in [5.74, 6) is 0.270. The van der Waals surface area contributed by atoms with Gasteiger partial charge in [0, 0.05) is 18.2 Å². The number of non-ortho nitro benzene ring substituents is 1. The van der Waals surface area contributed by atoms with E-state index < -0.39 is 14.9 Å². The summed E-state index contributed by atoms with van der Waals surface area (Å²) in [5, 5.41) is 13.9. The molecule has 1 aliphatic carbocycles. The molecule has 1 aliphatic rings. The molecule has 0 bridgehead atoms. The molecule has 2 aromatic rings. The molecule has 0 spiro atoms. The third kappa shape index (κ3) is 5.64. The maximum absolute atomic E-state index is 13.5. The lowest BCUT2D eigenvalue weighted by Gasteiger charge is -2.29. The molecule has 0 aromatic heterocycles. The Morgan fingerprint density at radius 2 is 1.62 bits per heavy atom. The Hall–Kier alpha value is -2.94. The minimum Gasteiger partial charge on any atom is -0.352 e. The van der Waals surface area contributed by atoms with Gasteiger partial charge in [-0.05, 0) is 80.8 Å². The van der Waals surface area contributed by atoms with Crippen LogP contribution >= 0.6 is 0 Å². The number of carbonyl (C=O) groups is 1. The van der Waals surface area contributed by atoms with E-state index in [0.717, 1.165) is 53.2 Å². The SMILES string of the molecule is Cc1cc(C)cc(N(CC(=O)NC2CCC(C)CC2)S(=O)(=O)c2ccc([N+](=O)[O-])cc2)c1. The van der Waals surface area contributed by atoms with E-state index in [2.05, 4.69) is 12.2 Å². The molecule has 1 fully saturated rings. The fourth-order valence-corrected chi connectivity index (χ4v) is 5.49. The van der Waals surface area contributed by atoms with Gasteiger partial charge in [-0.15, -0.1) is 0 Å². The minimum absolute atomic E-state index is 0.0434. The Morgan fingerprint density at radius 1 is 1.06 bits per heavy atom. The molecule has 8 nitrogen and oxygen atoms in total. The molecule has 32 heavy (non-hydrogen) atoms. The summed E-state index contributed by atoms with van der Waals surface area (Å²) >= 11 is 0. The van der Waals surface area contributed by atoms with Crippen LogP contribution in [0.3, 0.4) is 0 Å². The molecule has 0 atom stereocenters. The van der Waals surface area contributed by atoms with Crippen molar-refractivity contribution in [2.75, 3.05) is 10.8 Å². The number of hydrogen-bond donors (Lipinski definition) is 1. The summed E-state index contributed by atoms with van der Waals surface area (Å²) < 4.78 is 28.0. The van der Waals surface area contributed by atoms with E-state index in [1.54, 1.807) is 12.1 Å². The van der Waals surface area contributed by atoms with Crippen molar-refractivity contribution in [3.05, 3.63) is 63.7 Å². The van der Waals surface area contributed by atoms with Crippen LogP contribution in [0.2, 0.25) is 0 Å². The quantitative estimate of drug-likeness (QED) is 0.495. The molecule has 0 saturated heterocycles. The second kappa shape index (κ2) is 9.68. The van der Waals surface area contributed by atoms with Crippen molar-refractivity contribution < 1.29 is 18.1 Å². The van der Waals surface area contributed by atoms with Crippen LogP contribution in [-0.2, 0) is 14.8 Å². The molecule has 0 aliphatic heterocycles. The van der Waals surface area contributed by atoms with Crippen molar-refractivity contribution in [3.8, 4) is 0 Å². The number of rotatable bonds is 7. The van der Waals surface area contributed by atoms with Crippen LogP contribution in [0.1, 0.15) is 43.7 Å². The predicted octanol–water partition coefficient (Wildman–Crippen LogP) is 4.10. The lowest BCUT2D eigenvalue weighted by Crippen LogP contribution is -2.45. The predicted molar refractivity (Wildman–Crippen MR) is 123 cm³/mol. The summed E-state index contributed by atoms with van der Waals surface area (Å²) in [7, 11) is -4.12. The Bertz CT molecular complexity index is 1070. The number of carbonyl (C=O) groups excluding carboxylic acids is 1. The summed E-state index contributed by atoms with van der Waals surface area (Å²) in [6, 6.07) is 10.1. The number of nitro benzene ring substituents is 1. The van der Waals surface area contributed by atoms with Crippen molar-refractivity contribution in [2.24, 2.45) is 5.92 Å². The standard InChI is InChI=1S/C23H29N3O5S/c1-16-4-6-19(7-5-16)24-23(27)15-25(21-13-17(2)12-18(3)14-21)32(30,31)22-10-8-20(9-11-22)26(28)29/h8-14,16,19H,4-7,15H2,1-3H3,(H,24,27). The van der Waals surface area contributed by atoms with Crippen LogP contribution in [0.25, 0.3) is 0 Å². The summed E-state index contributed by atoms with van der Waals surface area (Å²) in [5.41, 5.74) is 1.91. The molecule has 0 unspecified atom stereocenters. The van der Waals surface area contributed by atoms with Crippen molar-refractivity contribution in [1.82, 2.24) is 5.32 Å². The highest BCUT2D eigenvalue weighted by Crippen LogP contribution is 2.27. The largest absolute Gasteiger partial charge is 0.352 e. The molecule has 1 N–H and O–H groups in total. The number of amides is 1. The first kappa shape index (κ1) is 23.7. The van der Waals surface area contributed by atoms with Gasteiger partial charge in [0.25, 0.3) is 15.7 Å². The third-order valence-corrected chi connectivity index (χ3v) is 7.59. The van der Waals surface area contributed by atoms with Gasteiger partial charge in [0.1, 0.15) is 6.54 Å². The van der Waals surface area contributed by atoms with Crippen molar-refractivity contribution >= 4 is 27.3 Å². The summed E-state index contributed by atoms with van der Waals surface area (Å²) in [6.07, 6.45) is 3.83. The number of sulfonamides is 1. The number of benzene rings is 2. The van der Waals surface area contributed by atoms with Gasteiger partial charge >= 0.3 is 0 Å². The maximum Gasteiger partial charge on any atom is 0.269 e. The highest BCUT2D eigenvalue weighted by Gasteiger charge is 2.29. The highest BCUT2D eigenvalue weighted by molar-refractivity contribution is 7.92. The Kier molecular flexibility index (Phi) is 7.18. The van der Waals surface area contributed by atoms with Crippen molar-refractivity contribution in [3.63, 3.8) is 0 Å². The van der Waals surface area contributed by atoms with E-state index in [1.807, 2.05) is 19.9 Å². The van der Waals surface area contributed by atoms with E-state index in [4.69, 9.17) is 0 Å². The molecule has 1 saturated carbocycles. The fourth-order valence-electron chi connectivity index (χ4n) is 4.08. The maximum atomic E-state index is 13.5. The van der Waals surface area contributed by atoms with Gasteiger partial charge in [-0.25, -0.2) is 8.42 Å². The summed E-state index contributed by atoms with van der Waals surface area (Å²) in [4.78, 5) is 23.1. The average molecular weight is 460 g/mol. The van der Waals surface area contributed by atoms with Gasteiger partial charge in [0.05, 0.1) is 15.5 Å². The molecule has 0 radical (unpaired) electrons. The molecular weight excluding hydrogens is 430 g/mol. The molecule has 1 amide bonds. The normalized spacial score (nSPS) is 18.7. The second-order valence-electron chi connectivity index (χ2n) is 8.63. The number of anilines is 1. The van der Waals surface area contributed by atoms with E-state index in [1.165, 1.54) is 12.1 Å². The van der Waals surface area contributed by atoms with Crippen LogP contribution < -0.4 is 9.62 Å². The first-order valence-corrected chi connectivity index (χ1v) is 12.1. The number of nitrogens with one attached hydrogen (secondary N) is 1. The van der Waals surface area contributed by atoms with Crippen molar-refractivity contribution in [1.29, 1.82) is 0 Å². The molecule has 0 heterocycles. The van der Waals surface area contributed by atoms with Gasteiger partial charge in [-0.3, -0.25) is 19.2 Å². The lowest BCUT2D eigenvalue weighted by atomic mass is 9.87. The van der Waals surface area contributed by atoms with Crippen LogP contribution in [0.4, 0.5) is 11.4 Å². The average Bonchev–Trinajstić information content (AvgIpc) is 2.73. The molecule has 2 aromatic carbocycles. The van der Waals surface area contributed by atoms with Gasteiger partial charge < -0.3 is 5.32 Å².